The van der Waals surface area contributed by atoms with E-state index < -0.39 is 21.9 Å². The molecule has 1 aliphatic heterocycles. The minimum absolute atomic E-state index is 0.00122. The van der Waals surface area contributed by atoms with Crippen molar-refractivity contribution in [1.29, 1.82) is 0 Å². The van der Waals surface area contributed by atoms with Crippen molar-refractivity contribution in [3.63, 3.8) is 0 Å². The quantitative estimate of drug-likeness (QED) is 0.347. The van der Waals surface area contributed by atoms with Gasteiger partial charge in [-0.2, -0.15) is 0 Å². The summed E-state index contributed by atoms with van der Waals surface area (Å²) in [5, 5.41) is 12.0. The van der Waals surface area contributed by atoms with Crippen LogP contribution in [0, 0.1) is 5.92 Å². The maximum Gasteiger partial charge on any atom is 0.335 e. The Morgan fingerprint density at radius 2 is 1.64 bits per heavy atom. The molecule has 1 aliphatic carbocycles. The van der Waals surface area contributed by atoms with Gasteiger partial charge in [-0.1, -0.05) is 67.6 Å². The van der Waals surface area contributed by atoms with Gasteiger partial charge in [0.25, 0.3) is 15.9 Å². The predicted octanol–water partition coefficient (Wildman–Crippen LogP) is 4.36. The van der Waals surface area contributed by atoms with E-state index in [-0.39, 0.29) is 16.5 Å². The molecule has 0 radical (unpaired) electrons. The van der Waals surface area contributed by atoms with Crippen molar-refractivity contribution in [1.82, 2.24) is 15.2 Å². The summed E-state index contributed by atoms with van der Waals surface area (Å²) in [5.74, 6) is -1.29. The summed E-state index contributed by atoms with van der Waals surface area (Å²) in [7, 11) is -4.14. The molecule has 202 valence electrons. The van der Waals surface area contributed by atoms with Crippen LogP contribution in [0.1, 0.15) is 42.1 Å². The van der Waals surface area contributed by atoms with Gasteiger partial charge in [-0.25, -0.2) is 22.9 Å². The van der Waals surface area contributed by atoms with Gasteiger partial charge in [0.1, 0.15) is 0 Å². The average Bonchev–Trinajstić information content (AvgIpc) is 3.72. The van der Waals surface area contributed by atoms with Crippen molar-refractivity contribution in [2.75, 3.05) is 6.54 Å². The molecule has 0 spiro atoms. The Bertz CT molecular complexity index is 1510. The molecule has 0 saturated heterocycles. The van der Waals surface area contributed by atoms with Crippen molar-refractivity contribution in [3.8, 4) is 11.1 Å². The molecule has 1 unspecified atom stereocenters. The first-order valence-electron chi connectivity index (χ1n) is 13.1. The van der Waals surface area contributed by atoms with Crippen LogP contribution in [0.3, 0.4) is 0 Å². The third-order valence-electron chi connectivity index (χ3n) is 7.08. The summed E-state index contributed by atoms with van der Waals surface area (Å²) < 4.78 is 28.6. The Hall–Kier alpha value is -3.95. The van der Waals surface area contributed by atoms with Crippen LogP contribution < -0.4 is 10.1 Å². The van der Waals surface area contributed by atoms with Crippen molar-refractivity contribution in [2.24, 2.45) is 5.92 Å². The highest BCUT2D eigenvalue weighted by molar-refractivity contribution is 7.90. The predicted molar refractivity (Wildman–Crippen MR) is 148 cm³/mol. The molecular formula is C30H31N3O5S. The van der Waals surface area contributed by atoms with Crippen LogP contribution in [-0.2, 0) is 21.2 Å². The number of carboxylic acid groups (broad SMARTS) is 1. The summed E-state index contributed by atoms with van der Waals surface area (Å²) in [5.41, 5.74) is 7.00. The SMILES string of the molecule is CCCN1NC(C2CC2)=C(C(=O)O)C1Cc1ccc(-c2ccccc2S(=O)(=O)NC(=O)c2ccccc2)cc1. The maximum absolute atomic E-state index is 13.2. The minimum Gasteiger partial charge on any atom is -0.478 e. The Morgan fingerprint density at radius 1 is 0.974 bits per heavy atom. The lowest BCUT2D eigenvalue weighted by atomic mass is 9.95. The summed E-state index contributed by atoms with van der Waals surface area (Å²) >= 11 is 0. The number of hydrogen-bond acceptors (Lipinski definition) is 6. The second-order valence-corrected chi connectivity index (χ2v) is 11.6. The van der Waals surface area contributed by atoms with Crippen molar-refractivity contribution < 1.29 is 23.1 Å². The van der Waals surface area contributed by atoms with Gasteiger partial charge in [-0.3, -0.25) is 4.79 Å². The second-order valence-electron chi connectivity index (χ2n) is 9.93. The van der Waals surface area contributed by atoms with E-state index in [1.54, 1.807) is 48.5 Å². The van der Waals surface area contributed by atoms with Crippen molar-refractivity contribution >= 4 is 21.9 Å². The lowest BCUT2D eigenvalue weighted by molar-refractivity contribution is -0.133. The fraction of sp³-hybridized carbons (Fsp3) is 0.267. The van der Waals surface area contributed by atoms with Crippen LogP contribution in [0.5, 0.6) is 0 Å². The number of rotatable bonds is 10. The molecular weight excluding hydrogens is 514 g/mol. The minimum atomic E-state index is -4.14. The molecule has 9 heteroatoms. The van der Waals surface area contributed by atoms with E-state index in [0.29, 0.717) is 29.0 Å². The van der Waals surface area contributed by atoms with Gasteiger partial charge >= 0.3 is 5.97 Å². The zero-order valence-corrected chi connectivity index (χ0v) is 22.4. The first-order valence-corrected chi connectivity index (χ1v) is 14.6. The molecule has 39 heavy (non-hydrogen) atoms. The van der Waals surface area contributed by atoms with Gasteiger partial charge in [0, 0.05) is 29.3 Å². The monoisotopic (exact) mass is 545 g/mol. The highest BCUT2D eigenvalue weighted by atomic mass is 32.2. The van der Waals surface area contributed by atoms with E-state index in [1.807, 2.05) is 29.3 Å². The smallest absolute Gasteiger partial charge is 0.335 e. The van der Waals surface area contributed by atoms with Gasteiger partial charge in [-0.15, -0.1) is 0 Å². The van der Waals surface area contributed by atoms with E-state index in [0.717, 1.165) is 37.1 Å². The van der Waals surface area contributed by atoms with Gasteiger partial charge in [0.05, 0.1) is 16.5 Å². The molecule has 1 amide bonds. The normalized spacial score (nSPS) is 17.6. The molecule has 3 N–H and O–H groups in total. The number of nitrogens with zero attached hydrogens (tertiary/aromatic N) is 1. The van der Waals surface area contributed by atoms with Crippen LogP contribution in [0.15, 0.2) is 95.0 Å². The van der Waals surface area contributed by atoms with E-state index in [1.165, 1.54) is 6.07 Å². The van der Waals surface area contributed by atoms with Gasteiger partial charge in [0.15, 0.2) is 0 Å². The lowest BCUT2D eigenvalue weighted by Crippen LogP contribution is -2.41. The van der Waals surface area contributed by atoms with Crippen LogP contribution >= 0.6 is 0 Å². The fourth-order valence-electron chi connectivity index (χ4n) is 5.04. The van der Waals surface area contributed by atoms with Crippen molar-refractivity contribution in [2.45, 2.75) is 43.5 Å². The zero-order chi connectivity index (χ0) is 27.6. The van der Waals surface area contributed by atoms with Crippen LogP contribution in [0.25, 0.3) is 11.1 Å². The van der Waals surface area contributed by atoms with E-state index >= 15 is 0 Å². The number of hydrazine groups is 1. The molecule has 0 aromatic heterocycles. The largest absolute Gasteiger partial charge is 0.478 e. The molecule has 1 saturated carbocycles. The standard InChI is InChI=1S/C30H31N3O5S/c1-2-18-33-25(27(30(35)36)28(31-33)22-16-17-22)19-20-12-14-21(15-13-20)24-10-6-7-11-26(24)39(37,38)32-29(34)23-8-4-3-5-9-23/h3-15,22,25,31H,2,16-19H2,1H3,(H,32,34)(H,35,36). The molecule has 2 aliphatic rings. The van der Waals surface area contributed by atoms with Gasteiger partial charge in [0.2, 0.25) is 0 Å². The second kappa shape index (κ2) is 11.0. The number of nitrogens with one attached hydrogen (secondary N) is 2. The van der Waals surface area contributed by atoms with Crippen LogP contribution in [0.2, 0.25) is 0 Å². The number of hydrogen-bond donors (Lipinski definition) is 3. The number of sulfonamides is 1. The zero-order valence-electron chi connectivity index (χ0n) is 21.6. The number of amides is 1. The Kier molecular flexibility index (Phi) is 7.54. The summed E-state index contributed by atoms with van der Waals surface area (Å²) in [6.07, 6.45) is 3.42. The summed E-state index contributed by atoms with van der Waals surface area (Å²) in [6, 6.07) is 21.9. The van der Waals surface area contributed by atoms with E-state index in [4.69, 9.17) is 0 Å². The fourth-order valence-corrected chi connectivity index (χ4v) is 6.25. The molecule has 1 atom stereocenters. The Labute approximate surface area is 228 Å². The third kappa shape index (κ3) is 5.74. The van der Waals surface area contributed by atoms with E-state index in [2.05, 4.69) is 17.1 Å². The van der Waals surface area contributed by atoms with Gasteiger partial charge < -0.3 is 10.5 Å². The third-order valence-corrected chi connectivity index (χ3v) is 8.47. The number of aliphatic carboxylic acids is 1. The number of carbonyl (C=O) groups is 2. The van der Waals surface area contributed by atoms with E-state index in [9.17, 15) is 23.1 Å². The Morgan fingerprint density at radius 3 is 2.28 bits per heavy atom. The molecule has 5 rings (SSSR count). The number of benzene rings is 3. The highest BCUT2D eigenvalue weighted by Gasteiger charge is 2.42. The van der Waals surface area contributed by atoms with Crippen molar-refractivity contribution in [3.05, 3.63) is 101 Å². The maximum atomic E-state index is 13.2. The van der Waals surface area contributed by atoms with Gasteiger partial charge in [-0.05, 0) is 55.0 Å². The molecule has 1 heterocycles. The summed E-state index contributed by atoms with van der Waals surface area (Å²) in [4.78, 5) is 24.8. The number of carboxylic acids is 1. The molecule has 0 bridgehead atoms. The molecule has 3 aromatic carbocycles. The van der Waals surface area contributed by atoms with Crippen LogP contribution in [-0.4, -0.2) is 43.0 Å². The summed E-state index contributed by atoms with van der Waals surface area (Å²) in [6.45, 7) is 2.80. The molecule has 3 aromatic rings. The first kappa shape index (κ1) is 26.6. The number of carbonyl (C=O) groups excluding carboxylic acids is 1. The Balaban J connectivity index is 1.39. The highest BCUT2D eigenvalue weighted by Crippen LogP contribution is 2.41. The van der Waals surface area contributed by atoms with Crippen LogP contribution in [0.4, 0.5) is 0 Å². The average molecular weight is 546 g/mol. The number of allylic oxidation sites excluding steroid dienone is 1. The lowest BCUT2D eigenvalue weighted by Gasteiger charge is -2.25. The topological polar surface area (TPSA) is 116 Å². The molecule has 8 nitrogen and oxygen atoms in total. The first-order chi connectivity index (χ1) is 18.8. The molecule has 1 fully saturated rings.